The molecule has 0 aromatic rings. The maximum absolute atomic E-state index is 11.1. The van der Waals surface area contributed by atoms with Crippen molar-refractivity contribution in [1.29, 1.82) is 0 Å². The molecule has 1 rings (SSSR count). The Morgan fingerprint density at radius 3 is 3.00 bits per heavy atom. The zero-order valence-corrected chi connectivity index (χ0v) is 8.88. The first-order valence-corrected chi connectivity index (χ1v) is 5.41. The molecular formula is C11H20N2O. The molecule has 3 N–H and O–H groups in total. The van der Waals surface area contributed by atoms with Crippen molar-refractivity contribution in [2.24, 2.45) is 5.73 Å². The van der Waals surface area contributed by atoms with Crippen LogP contribution < -0.4 is 11.1 Å². The number of hydrogen-bond donors (Lipinski definition) is 2. The Morgan fingerprint density at radius 2 is 2.43 bits per heavy atom. The van der Waals surface area contributed by atoms with Gasteiger partial charge in [-0.25, -0.2) is 0 Å². The highest BCUT2D eigenvalue weighted by atomic mass is 16.2. The van der Waals surface area contributed by atoms with Gasteiger partial charge < -0.3 is 11.1 Å². The molecule has 0 saturated carbocycles. The van der Waals surface area contributed by atoms with Gasteiger partial charge in [-0.05, 0) is 39.0 Å². The summed E-state index contributed by atoms with van der Waals surface area (Å²) in [4.78, 5) is 11.1. The second kappa shape index (κ2) is 5.81. The second-order valence-electron chi connectivity index (χ2n) is 3.94. The van der Waals surface area contributed by atoms with Crippen molar-refractivity contribution >= 4 is 5.91 Å². The van der Waals surface area contributed by atoms with Crippen molar-refractivity contribution in [3.05, 3.63) is 11.6 Å². The fourth-order valence-electron chi connectivity index (χ4n) is 1.64. The standard InChI is InChI=1S/C11H20N2O/c1-9(12)11(14)13-8-7-10-5-3-2-4-6-10/h5,9H,2-4,6-8,12H2,1H3,(H,13,14)/t9-/m1/s1. The maximum Gasteiger partial charge on any atom is 0.236 e. The van der Waals surface area contributed by atoms with Crippen LogP contribution in [0.3, 0.4) is 0 Å². The van der Waals surface area contributed by atoms with Gasteiger partial charge in [0.05, 0.1) is 6.04 Å². The van der Waals surface area contributed by atoms with E-state index in [1.807, 2.05) is 0 Å². The number of amides is 1. The lowest BCUT2D eigenvalue weighted by atomic mass is 9.97. The number of allylic oxidation sites excluding steroid dienone is 1. The zero-order valence-electron chi connectivity index (χ0n) is 8.88. The predicted molar refractivity (Wildman–Crippen MR) is 57.8 cm³/mol. The van der Waals surface area contributed by atoms with Gasteiger partial charge in [-0.1, -0.05) is 11.6 Å². The third-order valence-electron chi connectivity index (χ3n) is 2.54. The molecule has 0 bridgehead atoms. The Kier molecular flexibility index (Phi) is 4.66. The summed E-state index contributed by atoms with van der Waals surface area (Å²) in [5.41, 5.74) is 6.92. The van der Waals surface area contributed by atoms with Gasteiger partial charge in [-0.2, -0.15) is 0 Å². The van der Waals surface area contributed by atoms with E-state index in [1.54, 1.807) is 6.92 Å². The molecule has 0 aromatic heterocycles. The first kappa shape index (κ1) is 11.2. The summed E-state index contributed by atoms with van der Waals surface area (Å²) in [5, 5.41) is 2.82. The fourth-order valence-corrected chi connectivity index (χ4v) is 1.64. The SMILES string of the molecule is C[C@@H](N)C(=O)NCCC1=CCCCC1. The quantitative estimate of drug-likeness (QED) is 0.667. The van der Waals surface area contributed by atoms with Crippen LogP contribution in [0.5, 0.6) is 0 Å². The first-order valence-electron chi connectivity index (χ1n) is 5.41. The zero-order chi connectivity index (χ0) is 10.4. The molecule has 80 valence electrons. The first-order chi connectivity index (χ1) is 6.70. The molecule has 1 amide bonds. The van der Waals surface area contributed by atoms with Crippen LogP contribution in [0.25, 0.3) is 0 Å². The van der Waals surface area contributed by atoms with Gasteiger partial charge in [0, 0.05) is 6.54 Å². The molecule has 3 nitrogen and oxygen atoms in total. The van der Waals surface area contributed by atoms with Crippen LogP contribution in [0.2, 0.25) is 0 Å². The van der Waals surface area contributed by atoms with E-state index in [0.717, 1.165) is 13.0 Å². The van der Waals surface area contributed by atoms with E-state index in [2.05, 4.69) is 11.4 Å². The minimum Gasteiger partial charge on any atom is -0.354 e. The summed E-state index contributed by atoms with van der Waals surface area (Å²) in [7, 11) is 0. The van der Waals surface area contributed by atoms with Gasteiger partial charge in [0.1, 0.15) is 0 Å². The van der Waals surface area contributed by atoms with E-state index >= 15 is 0 Å². The average Bonchev–Trinajstić information content (AvgIpc) is 2.19. The summed E-state index contributed by atoms with van der Waals surface area (Å²) in [6.07, 6.45) is 8.31. The molecule has 14 heavy (non-hydrogen) atoms. The number of carbonyl (C=O) groups excluding carboxylic acids is 1. The van der Waals surface area contributed by atoms with Gasteiger partial charge in [0.2, 0.25) is 5.91 Å². The van der Waals surface area contributed by atoms with E-state index in [0.29, 0.717) is 0 Å². The van der Waals surface area contributed by atoms with Crippen LogP contribution in [0.1, 0.15) is 39.0 Å². The number of nitrogens with two attached hydrogens (primary N) is 1. The number of rotatable bonds is 4. The minimum atomic E-state index is -0.393. The van der Waals surface area contributed by atoms with Crippen LogP contribution in [-0.4, -0.2) is 18.5 Å². The highest BCUT2D eigenvalue weighted by Crippen LogP contribution is 2.19. The van der Waals surface area contributed by atoms with Gasteiger partial charge in [-0.15, -0.1) is 0 Å². The van der Waals surface area contributed by atoms with E-state index < -0.39 is 6.04 Å². The number of hydrogen-bond acceptors (Lipinski definition) is 2. The van der Waals surface area contributed by atoms with Crippen LogP contribution in [0.4, 0.5) is 0 Å². The lowest BCUT2D eigenvalue weighted by Gasteiger charge is -2.13. The lowest BCUT2D eigenvalue weighted by Crippen LogP contribution is -2.38. The molecule has 0 fully saturated rings. The average molecular weight is 196 g/mol. The largest absolute Gasteiger partial charge is 0.354 e. The summed E-state index contributed by atoms with van der Waals surface area (Å²) in [6.45, 7) is 2.43. The fraction of sp³-hybridized carbons (Fsp3) is 0.727. The summed E-state index contributed by atoms with van der Waals surface area (Å²) in [5.74, 6) is -0.0543. The molecule has 1 aliphatic rings. The molecule has 0 unspecified atom stereocenters. The number of carbonyl (C=O) groups is 1. The van der Waals surface area contributed by atoms with Crippen molar-refractivity contribution in [2.45, 2.75) is 45.1 Å². The highest BCUT2D eigenvalue weighted by Gasteiger charge is 2.07. The highest BCUT2D eigenvalue weighted by molar-refractivity contribution is 5.80. The van der Waals surface area contributed by atoms with Crippen LogP contribution in [0.15, 0.2) is 11.6 Å². The molecule has 3 heteroatoms. The summed E-state index contributed by atoms with van der Waals surface area (Å²) < 4.78 is 0. The Labute approximate surface area is 85.7 Å². The summed E-state index contributed by atoms with van der Waals surface area (Å²) in [6, 6.07) is -0.393. The minimum absolute atomic E-state index is 0.0543. The molecule has 0 heterocycles. The third kappa shape index (κ3) is 3.92. The Balaban J connectivity index is 2.14. The van der Waals surface area contributed by atoms with Crippen molar-refractivity contribution in [1.82, 2.24) is 5.32 Å². The molecule has 0 aromatic carbocycles. The smallest absolute Gasteiger partial charge is 0.236 e. The lowest BCUT2D eigenvalue weighted by molar-refractivity contribution is -0.121. The molecular weight excluding hydrogens is 176 g/mol. The van der Waals surface area contributed by atoms with Gasteiger partial charge in [0.15, 0.2) is 0 Å². The second-order valence-corrected chi connectivity index (χ2v) is 3.94. The van der Waals surface area contributed by atoms with E-state index in [-0.39, 0.29) is 5.91 Å². The molecule has 0 radical (unpaired) electrons. The van der Waals surface area contributed by atoms with E-state index in [1.165, 1.54) is 31.3 Å². The summed E-state index contributed by atoms with van der Waals surface area (Å²) >= 11 is 0. The van der Waals surface area contributed by atoms with Crippen LogP contribution >= 0.6 is 0 Å². The normalized spacial score (nSPS) is 18.6. The van der Waals surface area contributed by atoms with E-state index in [9.17, 15) is 4.79 Å². The molecule has 1 aliphatic carbocycles. The van der Waals surface area contributed by atoms with Crippen molar-refractivity contribution in [3.63, 3.8) is 0 Å². The predicted octanol–water partition coefficient (Wildman–Crippen LogP) is 1.34. The molecule has 0 saturated heterocycles. The Morgan fingerprint density at radius 1 is 1.64 bits per heavy atom. The van der Waals surface area contributed by atoms with Gasteiger partial charge >= 0.3 is 0 Å². The Hall–Kier alpha value is -0.830. The molecule has 0 spiro atoms. The van der Waals surface area contributed by atoms with Gasteiger partial charge in [0.25, 0.3) is 0 Å². The van der Waals surface area contributed by atoms with Gasteiger partial charge in [-0.3, -0.25) is 4.79 Å². The van der Waals surface area contributed by atoms with Crippen LogP contribution in [0, 0.1) is 0 Å². The van der Waals surface area contributed by atoms with Crippen molar-refractivity contribution in [3.8, 4) is 0 Å². The van der Waals surface area contributed by atoms with Crippen molar-refractivity contribution < 1.29 is 4.79 Å². The van der Waals surface area contributed by atoms with Crippen LogP contribution in [-0.2, 0) is 4.79 Å². The monoisotopic (exact) mass is 196 g/mol. The van der Waals surface area contributed by atoms with Crippen molar-refractivity contribution in [2.75, 3.05) is 6.54 Å². The maximum atomic E-state index is 11.1. The topological polar surface area (TPSA) is 55.1 Å². The molecule has 1 atom stereocenters. The Bertz CT molecular complexity index is 221. The molecule has 0 aliphatic heterocycles. The number of nitrogens with one attached hydrogen (secondary N) is 1. The third-order valence-corrected chi connectivity index (χ3v) is 2.54. The van der Waals surface area contributed by atoms with E-state index in [4.69, 9.17) is 5.73 Å².